The maximum absolute atomic E-state index is 12.2. The molecule has 2 aromatic rings. The Balaban J connectivity index is 2.42. The normalized spacial score (nSPS) is 13.6. The molecule has 0 aliphatic rings. The molecule has 1 heterocycles. The molecular formula is C13H10F3NOS. The number of rotatable bonds is 2. The molecule has 2 rings (SSSR count). The number of alkyl halides is 3. The van der Waals surface area contributed by atoms with E-state index in [0.717, 1.165) is 21.6 Å². The van der Waals surface area contributed by atoms with Gasteiger partial charge in [-0.1, -0.05) is 18.2 Å². The van der Waals surface area contributed by atoms with Crippen molar-refractivity contribution in [2.24, 2.45) is 0 Å². The van der Waals surface area contributed by atoms with E-state index >= 15 is 0 Å². The number of aliphatic hydroxyl groups excluding tert-OH is 1. The minimum Gasteiger partial charge on any atom is -0.504 e. The van der Waals surface area contributed by atoms with Crippen molar-refractivity contribution in [3.63, 3.8) is 0 Å². The van der Waals surface area contributed by atoms with Gasteiger partial charge in [-0.15, -0.1) is 11.3 Å². The Morgan fingerprint density at radius 1 is 1.37 bits per heavy atom. The lowest BCUT2D eigenvalue weighted by Gasteiger charge is -2.02. The lowest BCUT2D eigenvalue weighted by Crippen LogP contribution is -2.10. The Kier molecular flexibility index (Phi) is 3.61. The molecule has 0 aliphatic carbocycles. The van der Waals surface area contributed by atoms with Crippen LogP contribution in [0.1, 0.15) is 17.5 Å². The van der Waals surface area contributed by atoms with Crippen LogP contribution in [0.2, 0.25) is 0 Å². The fourth-order valence-corrected chi connectivity index (χ4v) is 2.47. The van der Waals surface area contributed by atoms with Crippen molar-refractivity contribution in [2.75, 3.05) is 0 Å². The molecule has 0 saturated carbocycles. The molecule has 6 heteroatoms. The number of allylic oxidation sites excluding steroid dienone is 2. The summed E-state index contributed by atoms with van der Waals surface area (Å²) in [4.78, 5) is 4.03. The second kappa shape index (κ2) is 5.05. The molecule has 1 N–H and O–H groups in total. The highest BCUT2D eigenvalue weighted by molar-refractivity contribution is 7.19. The highest BCUT2D eigenvalue weighted by Gasteiger charge is 2.33. The molecule has 1 aromatic carbocycles. The first-order chi connectivity index (χ1) is 8.90. The van der Waals surface area contributed by atoms with Gasteiger partial charge in [0.2, 0.25) is 5.76 Å². The molecule has 0 aliphatic heterocycles. The third kappa shape index (κ3) is 3.14. The van der Waals surface area contributed by atoms with Crippen molar-refractivity contribution >= 4 is 33.7 Å². The minimum absolute atomic E-state index is 0.127. The number of benzene rings is 1. The number of halogens is 3. The summed E-state index contributed by atoms with van der Waals surface area (Å²) in [5.74, 6) is -1.64. The van der Waals surface area contributed by atoms with Crippen molar-refractivity contribution in [3.05, 3.63) is 40.6 Å². The summed E-state index contributed by atoms with van der Waals surface area (Å²) in [6.07, 6.45) is -0.339. The Hall–Kier alpha value is -1.82. The van der Waals surface area contributed by atoms with Crippen LogP contribution in [0.4, 0.5) is 13.2 Å². The van der Waals surface area contributed by atoms with E-state index in [2.05, 4.69) is 4.98 Å². The molecule has 0 spiro atoms. The smallest absolute Gasteiger partial charge is 0.448 e. The number of hydrogen-bond acceptors (Lipinski definition) is 3. The van der Waals surface area contributed by atoms with E-state index in [4.69, 9.17) is 5.11 Å². The van der Waals surface area contributed by atoms with Crippen LogP contribution in [-0.2, 0) is 0 Å². The molecule has 2 nitrogen and oxygen atoms in total. The maximum Gasteiger partial charge on any atom is 0.448 e. The second-order valence-corrected chi connectivity index (χ2v) is 4.87. The van der Waals surface area contributed by atoms with Gasteiger partial charge in [-0.25, -0.2) is 4.98 Å². The fourth-order valence-electron chi connectivity index (χ4n) is 1.52. The molecule has 0 bridgehead atoms. The van der Waals surface area contributed by atoms with Crippen LogP contribution in [-0.4, -0.2) is 16.3 Å². The van der Waals surface area contributed by atoms with E-state index in [-0.39, 0.29) is 5.01 Å². The Morgan fingerprint density at radius 2 is 2.11 bits per heavy atom. The fraction of sp³-hybridized carbons (Fsp3) is 0.154. The Bertz CT molecular complexity index is 655. The van der Waals surface area contributed by atoms with Crippen molar-refractivity contribution < 1.29 is 18.3 Å². The van der Waals surface area contributed by atoms with E-state index in [9.17, 15) is 13.2 Å². The first-order valence-electron chi connectivity index (χ1n) is 5.41. The van der Waals surface area contributed by atoms with Crippen LogP contribution in [0.5, 0.6) is 0 Å². The average molecular weight is 285 g/mol. The molecule has 0 saturated heterocycles. The van der Waals surface area contributed by atoms with Crippen molar-refractivity contribution in [3.8, 4) is 0 Å². The van der Waals surface area contributed by atoms with E-state index in [1.165, 1.54) is 0 Å². The van der Waals surface area contributed by atoms with Gasteiger partial charge in [0, 0.05) is 6.08 Å². The van der Waals surface area contributed by atoms with Gasteiger partial charge in [0.25, 0.3) is 0 Å². The molecular weight excluding hydrogens is 275 g/mol. The van der Waals surface area contributed by atoms with Gasteiger partial charge in [0.05, 0.1) is 10.2 Å². The molecule has 0 amide bonds. The number of aliphatic hydroxyl groups is 1. The summed E-state index contributed by atoms with van der Waals surface area (Å²) < 4.78 is 37.4. The average Bonchev–Trinajstić information content (AvgIpc) is 2.69. The van der Waals surface area contributed by atoms with Gasteiger partial charge in [0.15, 0.2) is 0 Å². The third-order valence-electron chi connectivity index (χ3n) is 2.34. The van der Waals surface area contributed by atoms with Gasteiger partial charge < -0.3 is 5.11 Å². The monoisotopic (exact) mass is 285 g/mol. The van der Waals surface area contributed by atoms with E-state index < -0.39 is 11.9 Å². The van der Waals surface area contributed by atoms with Gasteiger partial charge in [-0.05, 0) is 24.6 Å². The molecule has 100 valence electrons. The van der Waals surface area contributed by atoms with E-state index in [0.29, 0.717) is 11.6 Å². The van der Waals surface area contributed by atoms with Crippen molar-refractivity contribution in [2.45, 2.75) is 13.1 Å². The first-order valence-corrected chi connectivity index (χ1v) is 6.23. The predicted octanol–water partition coefficient (Wildman–Crippen LogP) is 4.79. The molecule has 0 atom stereocenters. The zero-order chi connectivity index (χ0) is 14.0. The lowest BCUT2D eigenvalue weighted by molar-refractivity contribution is -0.119. The minimum atomic E-state index is -4.74. The van der Waals surface area contributed by atoms with Crippen LogP contribution in [0.25, 0.3) is 22.4 Å². The number of fused-ring (bicyclic) bond motifs is 1. The highest BCUT2D eigenvalue weighted by Crippen LogP contribution is 2.29. The first kappa shape index (κ1) is 13.6. The summed E-state index contributed by atoms with van der Waals surface area (Å²) >= 11 is 1.10. The van der Waals surface area contributed by atoms with Crippen molar-refractivity contribution in [1.29, 1.82) is 0 Å². The van der Waals surface area contributed by atoms with Crippen molar-refractivity contribution in [1.82, 2.24) is 4.98 Å². The predicted molar refractivity (Wildman–Crippen MR) is 71.0 cm³/mol. The van der Waals surface area contributed by atoms with Crippen LogP contribution in [0.15, 0.2) is 30.0 Å². The summed E-state index contributed by atoms with van der Waals surface area (Å²) in [5, 5.41) is 9.02. The Labute approximate surface area is 111 Å². The zero-order valence-corrected chi connectivity index (χ0v) is 10.7. The summed E-state index contributed by atoms with van der Waals surface area (Å²) in [5.41, 5.74) is 1.56. The van der Waals surface area contributed by atoms with E-state index in [1.807, 2.05) is 31.2 Å². The number of thiazole rings is 1. The topological polar surface area (TPSA) is 33.1 Å². The summed E-state index contributed by atoms with van der Waals surface area (Å²) in [7, 11) is 0. The molecule has 0 fully saturated rings. The van der Waals surface area contributed by atoms with E-state index in [1.54, 1.807) is 6.07 Å². The van der Waals surface area contributed by atoms with Gasteiger partial charge >= 0.3 is 6.18 Å². The number of hydrogen-bond donors (Lipinski definition) is 1. The summed E-state index contributed by atoms with van der Waals surface area (Å²) in [6.45, 7) is 1.88. The largest absolute Gasteiger partial charge is 0.504 e. The summed E-state index contributed by atoms with van der Waals surface area (Å²) in [6, 6.07) is 5.41. The highest BCUT2D eigenvalue weighted by atomic mass is 32.1. The molecule has 1 aromatic heterocycles. The zero-order valence-electron chi connectivity index (χ0n) is 9.90. The standard InChI is InChI=1S/C13H10F3NOS/c1-2-3-8-4-5-9-10(6-8)19-12(17-9)7-11(18)13(14,15)16/h2-7,18H,1H3/b3-2+,11-7?. The molecule has 0 unspecified atom stereocenters. The van der Waals surface area contributed by atoms with Crippen LogP contribution < -0.4 is 0 Å². The van der Waals surface area contributed by atoms with Crippen LogP contribution >= 0.6 is 11.3 Å². The SMILES string of the molecule is C/C=C/c1ccc2nc(C=C(O)C(F)(F)F)sc2c1. The van der Waals surface area contributed by atoms with Crippen LogP contribution in [0, 0.1) is 0 Å². The number of aromatic nitrogens is 1. The Morgan fingerprint density at radius 3 is 2.74 bits per heavy atom. The molecule has 0 radical (unpaired) electrons. The maximum atomic E-state index is 12.2. The lowest BCUT2D eigenvalue weighted by atomic mass is 10.2. The third-order valence-corrected chi connectivity index (χ3v) is 3.30. The van der Waals surface area contributed by atoms with Crippen LogP contribution in [0.3, 0.4) is 0 Å². The van der Waals surface area contributed by atoms with Gasteiger partial charge in [-0.2, -0.15) is 13.2 Å². The molecule has 19 heavy (non-hydrogen) atoms. The van der Waals surface area contributed by atoms with Gasteiger partial charge in [0.1, 0.15) is 5.01 Å². The number of nitrogens with zero attached hydrogens (tertiary/aromatic N) is 1. The quantitative estimate of drug-likeness (QED) is 0.805. The van der Waals surface area contributed by atoms with Gasteiger partial charge in [-0.3, -0.25) is 0 Å². The second-order valence-electron chi connectivity index (χ2n) is 3.81.